The first-order valence-corrected chi connectivity index (χ1v) is 13.7. The average molecular weight is 494 g/mol. The van der Waals surface area contributed by atoms with Gasteiger partial charge in [-0.2, -0.15) is 0 Å². The molecule has 0 saturated heterocycles. The minimum absolute atomic E-state index is 0.0534. The minimum atomic E-state index is -3.85. The predicted octanol–water partition coefficient (Wildman–Crippen LogP) is 3.46. The highest BCUT2D eigenvalue weighted by Crippen LogP contribution is 2.36. The zero-order chi connectivity index (χ0) is 25.0. The molecule has 7 nitrogen and oxygen atoms in total. The van der Waals surface area contributed by atoms with Crippen LogP contribution in [0.15, 0.2) is 59.5 Å². The van der Waals surface area contributed by atoms with Crippen LogP contribution in [0.2, 0.25) is 0 Å². The van der Waals surface area contributed by atoms with Crippen LogP contribution >= 0.6 is 0 Å². The lowest BCUT2D eigenvalue weighted by atomic mass is 9.89. The lowest BCUT2D eigenvalue weighted by Crippen LogP contribution is -2.30. The van der Waals surface area contributed by atoms with Gasteiger partial charge in [0, 0.05) is 18.8 Å². The quantitative estimate of drug-likeness (QED) is 0.232. The van der Waals surface area contributed by atoms with E-state index in [1.54, 1.807) is 24.3 Å². The summed E-state index contributed by atoms with van der Waals surface area (Å²) in [6.45, 7) is 2.11. The van der Waals surface area contributed by atoms with Crippen LogP contribution in [-0.4, -0.2) is 48.0 Å². The van der Waals surface area contributed by atoms with E-state index in [0.717, 1.165) is 19.3 Å². The van der Waals surface area contributed by atoms with E-state index in [-0.39, 0.29) is 23.2 Å². The zero-order valence-corrected chi connectivity index (χ0v) is 20.7. The average Bonchev–Trinajstić information content (AvgIpc) is 3.07. The summed E-state index contributed by atoms with van der Waals surface area (Å²) in [5, 5.41) is 30.8. The maximum Gasteiger partial charge on any atom is 0.264 e. The number of hydrogen-bond donors (Lipinski definition) is 4. The summed E-state index contributed by atoms with van der Waals surface area (Å²) >= 11 is 0. The van der Waals surface area contributed by atoms with Gasteiger partial charge in [-0.25, -0.2) is 13.1 Å². The molecule has 1 aromatic rings. The van der Waals surface area contributed by atoms with E-state index in [9.17, 15) is 28.5 Å². The van der Waals surface area contributed by atoms with E-state index >= 15 is 0 Å². The Morgan fingerprint density at radius 1 is 1.12 bits per heavy atom. The van der Waals surface area contributed by atoms with Gasteiger partial charge in [-0.1, -0.05) is 68.7 Å². The van der Waals surface area contributed by atoms with E-state index < -0.39 is 34.2 Å². The topological polar surface area (TPSA) is 124 Å². The molecule has 0 aromatic heterocycles. The van der Waals surface area contributed by atoms with Crippen molar-refractivity contribution in [2.75, 3.05) is 0 Å². The molecule has 34 heavy (non-hydrogen) atoms. The molecule has 0 aliphatic heterocycles. The van der Waals surface area contributed by atoms with Crippen LogP contribution in [0.25, 0.3) is 0 Å². The Morgan fingerprint density at radius 2 is 1.85 bits per heavy atom. The van der Waals surface area contributed by atoms with Crippen molar-refractivity contribution in [1.82, 2.24) is 4.72 Å². The molecule has 2 rings (SSSR count). The predicted molar refractivity (Wildman–Crippen MR) is 132 cm³/mol. The van der Waals surface area contributed by atoms with Crippen LogP contribution in [0.3, 0.4) is 0 Å². The summed E-state index contributed by atoms with van der Waals surface area (Å²) in [5.41, 5.74) is 0. The number of hydrogen-bond acceptors (Lipinski definition) is 6. The van der Waals surface area contributed by atoms with Gasteiger partial charge < -0.3 is 15.3 Å². The molecule has 0 bridgehead atoms. The van der Waals surface area contributed by atoms with Crippen molar-refractivity contribution >= 4 is 15.9 Å². The third-order valence-corrected chi connectivity index (χ3v) is 7.62. The van der Waals surface area contributed by atoms with Gasteiger partial charge in [0.15, 0.2) is 0 Å². The van der Waals surface area contributed by atoms with Gasteiger partial charge in [0.1, 0.15) is 0 Å². The van der Waals surface area contributed by atoms with Crippen LogP contribution in [0, 0.1) is 11.8 Å². The van der Waals surface area contributed by atoms with Gasteiger partial charge in [0.2, 0.25) is 5.91 Å². The lowest BCUT2D eigenvalue weighted by molar-refractivity contribution is -0.119. The number of aliphatic hydroxyl groups is 3. The van der Waals surface area contributed by atoms with Gasteiger partial charge in [0.05, 0.1) is 23.2 Å². The third-order valence-electron chi connectivity index (χ3n) is 6.23. The van der Waals surface area contributed by atoms with Gasteiger partial charge in [-0.05, 0) is 43.7 Å². The molecule has 1 saturated carbocycles. The summed E-state index contributed by atoms with van der Waals surface area (Å²) < 4.78 is 26.4. The van der Waals surface area contributed by atoms with E-state index in [4.69, 9.17) is 0 Å². The number of carbonyl (C=O) groups excluding carboxylic acids is 1. The Hall–Kier alpha value is -2.00. The number of amides is 1. The van der Waals surface area contributed by atoms with Gasteiger partial charge in [-0.15, -0.1) is 0 Å². The van der Waals surface area contributed by atoms with E-state index in [1.165, 1.54) is 12.1 Å². The van der Waals surface area contributed by atoms with Crippen molar-refractivity contribution in [3.05, 3.63) is 54.6 Å². The standard InChI is InChI=1S/C26H39NO6S/c1-2-3-7-12-20(28)17-18-23-22(24(29)19-25(23)30)15-10-4-5-11-16-26(31)27-34(32,33)21-13-8-6-9-14-21/h4,6,8-10,13-14,17-18,20,22-25,28-30H,2-3,5,7,11-12,15-16,19H2,1H3,(H,27,31)/t20-,22+,23+,24-,25+/m0/s1. The molecule has 0 spiro atoms. The van der Waals surface area contributed by atoms with Crippen LogP contribution in [0.1, 0.15) is 64.7 Å². The van der Waals surface area contributed by atoms with Crippen molar-refractivity contribution in [3.8, 4) is 0 Å². The summed E-state index contributed by atoms with van der Waals surface area (Å²) in [4.78, 5) is 12.1. The summed E-state index contributed by atoms with van der Waals surface area (Å²) in [6.07, 6.45) is 11.5. The molecule has 1 fully saturated rings. The fourth-order valence-electron chi connectivity index (χ4n) is 4.27. The largest absolute Gasteiger partial charge is 0.393 e. The number of rotatable bonds is 14. The van der Waals surface area contributed by atoms with E-state index in [0.29, 0.717) is 32.1 Å². The fourth-order valence-corrected chi connectivity index (χ4v) is 5.31. The molecule has 0 unspecified atom stereocenters. The molecule has 8 heteroatoms. The van der Waals surface area contributed by atoms with Crippen LogP contribution < -0.4 is 4.72 Å². The first-order chi connectivity index (χ1) is 16.2. The molecule has 1 aliphatic carbocycles. The first kappa shape index (κ1) is 28.2. The van der Waals surface area contributed by atoms with Crippen molar-refractivity contribution < 1.29 is 28.5 Å². The molecule has 0 heterocycles. The van der Waals surface area contributed by atoms with Crippen LogP contribution in [0.4, 0.5) is 0 Å². The van der Waals surface area contributed by atoms with Crippen LogP contribution in [0.5, 0.6) is 0 Å². The second-order valence-electron chi connectivity index (χ2n) is 9.00. The summed E-state index contributed by atoms with van der Waals surface area (Å²) in [5.74, 6) is -0.895. The molecule has 0 radical (unpaired) electrons. The monoisotopic (exact) mass is 493 g/mol. The number of sulfonamides is 1. The number of unbranched alkanes of at least 4 members (excludes halogenated alkanes) is 3. The third kappa shape index (κ3) is 9.33. The number of carbonyl (C=O) groups is 1. The number of nitrogens with one attached hydrogen (secondary N) is 1. The maximum absolute atomic E-state index is 12.2. The number of allylic oxidation sites excluding steroid dienone is 2. The Morgan fingerprint density at radius 3 is 2.56 bits per heavy atom. The molecule has 1 amide bonds. The van der Waals surface area contributed by atoms with Crippen molar-refractivity contribution in [3.63, 3.8) is 0 Å². The highest BCUT2D eigenvalue weighted by atomic mass is 32.2. The molecule has 5 atom stereocenters. The van der Waals surface area contributed by atoms with Crippen LogP contribution in [-0.2, 0) is 14.8 Å². The first-order valence-electron chi connectivity index (χ1n) is 12.2. The zero-order valence-electron chi connectivity index (χ0n) is 19.9. The van der Waals surface area contributed by atoms with Gasteiger partial charge >= 0.3 is 0 Å². The number of aliphatic hydroxyl groups excluding tert-OH is 3. The van der Waals surface area contributed by atoms with Crippen molar-refractivity contribution in [2.45, 2.75) is 87.9 Å². The molecule has 1 aromatic carbocycles. The Kier molecular flexibility index (Phi) is 12.0. The van der Waals surface area contributed by atoms with Gasteiger partial charge in [0.25, 0.3) is 10.0 Å². The Labute approximate surface area is 203 Å². The maximum atomic E-state index is 12.2. The van der Waals surface area contributed by atoms with E-state index in [1.807, 2.05) is 18.2 Å². The summed E-state index contributed by atoms with van der Waals surface area (Å²) in [6, 6.07) is 7.76. The lowest BCUT2D eigenvalue weighted by Gasteiger charge is -2.19. The minimum Gasteiger partial charge on any atom is -0.393 e. The second-order valence-corrected chi connectivity index (χ2v) is 10.7. The Bertz CT molecular complexity index is 899. The molecule has 1 aliphatic rings. The van der Waals surface area contributed by atoms with Gasteiger partial charge in [-0.3, -0.25) is 4.79 Å². The Balaban J connectivity index is 1.75. The SMILES string of the molecule is CCCCC[C@H](O)C=C[C@@H]1[C@@H](CC=CCCCC(=O)NS(=O)(=O)c2ccccc2)[C@@H](O)C[C@H]1O. The number of benzene rings is 1. The second kappa shape index (κ2) is 14.4. The summed E-state index contributed by atoms with van der Waals surface area (Å²) in [7, 11) is -3.85. The smallest absolute Gasteiger partial charge is 0.264 e. The molecular weight excluding hydrogens is 454 g/mol. The molecule has 190 valence electrons. The normalized spacial score (nSPS) is 24.1. The van der Waals surface area contributed by atoms with Crippen molar-refractivity contribution in [2.24, 2.45) is 11.8 Å². The molecule has 4 N–H and O–H groups in total. The molecular formula is C26H39NO6S. The van der Waals surface area contributed by atoms with E-state index in [2.05, 4.69) is 11.6 Å². The fraction of sp³-hybridized carbons (Fsp3) is 0.577. The highest BCUT2D eigenvalue weighted by Gasteiger charge is 2.39. The van der Waals surface area contributed by atoms with Crippen molar-refractivity contribution in [1.29, 1.82) is 0 Å². The highest BCUT2D eigenvalue weighted by molar-refractivity contribution is 7.90.